The van der Waals surface area contributed by atoms with E-state index in [0.29, 0.717) is 31.5 Å². The van der Waals surface area contributed by atoms with Crippen molar-refractivity contribution in [1.29, 1.82) is 0 Å². The van der Waals surface area contributed by atoms with Crippen LogP contribution in [-0.4, -0.2) is 53.3 Å². The maximum Gasteiger partial charge on any atom is 0.326 e. The van der Waals surface area contributed by atoms with Crippen LogP contribution in [0.5, 0.6) is 0 Å². The number of alkyl halides is 1. The Balaban J connectivity index is 0. The molecule has 0 aliphatic rings. The molecule has 0 aromatic carbocycles. The summed E-state index contributed by atoms with van der Waals surface area (Å²) in [5, 5.41) is 0.661. The largest absolute Gasteiger partial charge is 0.326 e. The fourth-order valence-electron chi connectivity index (χ4n) is 1.12. The lowest BCUT2D eigenvalue weighted by molar-refractivity contribution is 0.280. The second-order valence-corrected chi connectivity index (χ2v) is 19.2. The third-order valence-electron chi connectivity index (χ3n) is 1.95. The molecule has 0 aromatic rings. The van der Waals surface area contributed by atoms with Crippen molar-refractivity contribution in [3.63, 3.8) is 0 Å². The van der Waals surface area contributed by atoms with Gasteiger partial charge in [-0.3, -0.25) is 4.57 Å². The Labute approximate surface area is 180 Å². The highest BCUT2D eigenvalue weighted by molar-refractivity contribution is 8.76. The summed E-state index contributed by atoms with van der Waals surface area (Å²) in [4.78, 5) is 16.1. The Bertz CT molecular complexity index is 444. The van der Waals surface area contributed by atoms with Crippen molar-refractivity contribution >= 4 is 77.0 Å². The summed E-state index contributed by atoms with van der Waals surface area (Å²) in [5.74, 6) is 0.0181. The third-order valence-corrected chi connectivity index (χ3v) is 15.2. The molecule has 0 saturated heterocycles. The molecule has 0 saturated carbocycles. The fourth-order valence-corrected chi connectivity index (χ4v) is 14.7. The van der Waals surface area contributed by atoms with Crippen LogP contribution in [0.4, 0.5) is 0 Å². The van der Waals surface area contributed by atoms with Crippen LogP contribution in [0.2, 0.25) is 0 Å². The quantitative estimate of drug-likeness (QED) is 0.172. The molecule has 2 N–H and O–H groups in total. The molecule has 0 radical (unpaired) electrons. The highest BCUT2D eigenvalue weighted by Crippen LogP contribution is 2.67. The van der Waals surface area contributed by atoms with Crippen molar-refractivity contribution in [3.8, 4) is 0 Å². The molecule has 7 nitrogen and oxygen atoms in total. The Hall–Kier alpha value is 2.28. The van der Waals surface area contributed by atoms with E-state index < -0.39 is 19.0 Å². The van der Waals surface area contributed by atoms with Crippen LogP contribution in [-0.2, 0) is 46.3 Å². The lowest BCUT2D eigenvalue weighted by atomic mass is 10.9. The molecule has 15 heteroatoms. The second-order valence-electron chi connectivity index (χ2n) is 4.02. The van der Waals surface area contributed by atoms with E-state index in [2.05, 4.69) is 0 Å². The average molecular weight is 529 g/mol. The van der Waals surface area contributed by atoms with Crippen LogP contribution < -0.4 is 0 Å². The van der Waals surface area contributed by atoms with Gasteiger partial charge < -0.3 is 27.9 Å². The SMILES string of the molecule is CCOP(=S)(OCC)SCSP(=S)(OCC)OCC.O=P(O)(O)CCCl. The first-order valence-electron chi connectivity index (χ1n) is 7.69. The zero-order valence-corrected chi connectivity index (χ0v) is 21.9. The summed E-state index contributed by atoms with van der Waals surface area (Å²) in [6, 6.07) is 0. The topological polar surface area (TPSA) is 94.5 Å². The van der Waals surface area contributed by atoms with Gasteiger partial charge in [-0.15, -0.1) is 11.6 Å². The van der Waals surface area contributed by atoms with Gasteiger partial charge in [-0.05, 0) is 51.3 Å². The van der Waals surface area contributed by atoms with Gasteiger partial charge in [-0.25, -0.2) is 0 Å². The van der Waals surface area contributed by atoms with Gasteiger partial charge in [0.15, 0.2) is 0 Å². The van der Waals surface area contributed by atoms with E-state index in [-0.39, 0.29) is 12.0 Å². The van der Waals surface area contributed by atoms with Gasteiger partial charge in [0.1, 0.15) is 0 Å². The monoisotopic (exact) mass is 528 g/mol. The highest BCUT2D eigenvalue weighted by atomic mass is 35.5. The van der Waals surface area contributed by atoms with Crippen LogP contribution in [0.1, 0.15) is 27.7 Å². The van der Waals surface area contributed by atoms with E-state index in [4.69, 9.17) is 63.1 Å². The lowest BCUT2D eigenvalue weighted by Gasteiger charge is -2.23. The maximum absolute atomic E-state index is 9.84. The molecule has 0 amide bonds. The highest BCUT2D eigenvalue weighted by Gasteiger charge is 2.23. The summed E-state index contributed by atoms with van der Waals surface area (Å²) in [6.45, 7) is 9.88. The van der Waals surface area contributed by atoms with Crippen molar-refractivity contribution in [2.75, 3.05) is 43.6 Å². The molecule has 0 aliphatic heterocycles. The molecule has 0 heterocycles. The van der Waals surface area contributed by atoms with Gasteiger partial charge in [0.05, 0.1) is 37.7 Å². The first-order chi connectivity index (χ1) is 12.0. The van der Waals surface area contributed by atoms with Crippen LogP contribution in [0, 0.1) is 0 Å². The zero-order valence-electron chi connectivity index (χ0n) is 15.2. The van der Waals surface area contributed by atoms with Crippen molar-refractivity contribution in [1.82, 2.24) is 0 Å². The van der Waals surface area contributed by atoms with Crippen LogP contribution >= 0.6 is 53.3 Å². The Kier molecular flexibility index (Phi) is 19.9. The summed E-state index contributed by atoms with van der Waals surface area (Å²) in [6.07, 6.45) is -0.228. The molecule has 0 aromatic heterocycles. The predicted octanol–water partition coefficient (Wildman–Crippen LogP) is 5.41. The average Bonchev–Trinajstić information content (AvgIpc) is 2.47. The number of hydrogen-bond acceptors (Lipinski definition) is 9. The molecule has 26 heavy (non-hydrogen) atoms. The molecule has 0 fully saturated rings. The van der Waals surface area contributed by atoms with E-state index in [9.17, 15) is 4.57 Å². The van der Waals surface area contributed by atoms with Crippen LogP contribution in [0.15, 0.2) is 0 Å². The number of halogens is 1. The minimum Gasteiger partial charge on any atom is -0.324 e. The first-order valence-corrected chi connectivity index (χ1v) is 18.5. The minimum atomic E-state index is -3.80. The lowest BCUT2D eigenvalue weighted by Crippen LogP contribution is -1.94. The Morgan fingerprint density at radius 2 is 1.15 bits per heavy atom. The zero-order chi connectivity index (χ0) is 20.7. The summed E-state index contributed by atoms with van der Waals surface area (Å²) >= 11 is 18.8. The van der Waals surface area contributed by atoms with Gasteiger partial charge in [0.2, 0.25) is 11.4 Å². The second kappa shape index (κ2) is 17.0. The normalized spacial score (nSPS) is 12.6. The maximum atomic E-state index is 9.84. The van der Waals surface area contributed by atoms with Crippen LogP contribution in [0.3, 0.4) is 0 Å². The standard InChI is InChI=1S/C9H22O4P2S4.C2H6ClO3P/c1-5-10-14(16,11-6-2)18-9-19-15(17,12-7-3)13-8-4;3-1-2-7(4,5)6/h5-9H2,1-4H3;1-2H2,(H2,4,5,6). The molecular formula is C11H28ClO7P3S4. The molecule has 0 spiro atoms. The van der Waals surface area contributed by atoms with Crippen molar-refractivity contribution in [2.24, 2.45) is 0 Å². The Morgan fingerprint density at radius 1 is 0.846 bits per heavy atom. The Morgan fingerprint density at radius 3 is 1.31 bits per heavy atom. The van der Waals surface area contributed by atoms with E-state index >= 15 is 0 Å². The molecule has 0 rings (SSSR count). The van der Waals surface area contributed by atoms with Crippen molar-refractivity contribution in [3.05, 3.63) is 0 Å². The molecule has 0 aliphatic carbocycles. The van der Waals surface area contributed by atoms with Gasteiger partial charge >= 0.3 is 7.60 Å². The summed E-state index contributed by atoms with van der Waals surface area (Å²) in [7, 11) is -3.80. The van der Waals surface area contributed by atoms with Crippen molar-refractivity contribution in [2.45, 2.75) is 27.7 Å². The molecule has 160 valence electrons. The summed E-state index contributed by atoms with van der Waals surface area (Å²) in [5.41, 5.74) is -4.51. The molecular weight excluding hydrogens is 501 g/mol. The van der Waals surface area contributed by atoms with E-state index in [1.165, 1.54) is 22.8 Å². The number of rotatable bonds is 14. The smallest absolute Gasteiger partial charge is 0.324 e. The third kappa shape index (κ3) is 18.3. The van der Waals surface area contributed by atoms with Gasteiger partial charge in [-0.2, -0.15) is 0 Å². The molecule has 0 unspecified atom stereocenters. The van der Waals surface area contributed by atoms with Gasteiger partial charge in [0, 0.05) is 5.88 Å². The molecule has 0 atom stereocenters. The van der Waals surface area contributed by atoms with E-state index in [1.54, 1.807) is 0 Å². The van der Waals surface area contributed by atoms with Crippen molar-refractivity contribution < 1.29 is 32.4 Å². The van der Waals surface area contributed by atoms with E-state index in [1.807, 2.05) is 27.7 Å². The first kappa shape index (κ1) is 30.5. The minimum absolute atomic E-state index is 0.0181. The van der Waals surface area contributed by atoms with E-state index in [0.717, 1.165) is 0 Å². The fraction of sp³-hybridized carbons (Fsp3) is 1.00. The predicted molar refractivity (Wildman–Crippen MR) is 123 cm³/mol. The number of hydrogen-bond donors (Lipinski definition) is 2. The molecule has 0 bridgehead atoms. The van der Waals surface area contributed by atoms with Crippen LogP contribution in [0.25, 0.3) is 0 Å². The van der Waals surface area contributed by atoms with Gasteiger partial charge in [0.25, 0.3) is 0 Å². The summed E-state index contributed by atoms with van der Waals surface area (Å²) < 4.78 is 32.1. The van der Waals surface area contributed by atoms with Gasteiger partial charge in [-0.1, -0.05) is 22.8 Å².